The van der Waals surface area contributed by atoms with Crippen LogP contribution in [0.2, 0.25) is 0 Å². The monoisotopic (exact) mass is 262 g/mol. The van der Waals surface area contributed by atoms with Crippen molar-refractivity contribution in [2.75, 3.05) is 7.05 Å². The first-order valence-corrected chi connectivity index (χ1v) is 6.85. The van der Waals surface area contributed by atoms with Crippen LogP contribution < -0.4 is 0 Å². The van der Waals surface area contributed by atoms with Crippen LogP contribution in [0.3, 0.4) is 0 Å². The zero-order valence-electron chi connectivity index (χ0n) is 11.0. The van der Waals surface area contributed by atoms with Crippen LogP contribution in [0.5, 0.6) is 0 Å². The lowest BCUT2D eigenvalue weighted by Gasteiger charge is -2.41. The van der Waals surface area contributed by atoms with Crippen LogP contribution in [0.1, 0.15) is 30.7 Å². The predicted molar refractivity (Wildman–Crippen MR) is 72.1 cm³/mol. The van der Waals surface area contributed by atoms with Gasteiger partial charge in [-0.1, -0.05) is 12.1 Å². The second-order valence-electron chi connectivity index (χ2n) is 5.70. The Morgan fingerprint density at radius 3 is 2.74 bits per heavy atom. The highest BCUT2D eigenvalue weighted by molar-refractivity contribution is 5.63. The lowest BCUT2D eigenvalue weighted by atomic mass is 9.77. The number of halogens is 1. The highest BCUT2D eigenvalue weighted by atomic mass is 19.1. The van der Waals surface area contributed by atoms with Gasteiger partial charge in [-0.15, -0.1) is 5.16 Å². The van der Waals surface area contributed by atoms with Gasteiger partial charge in [-0.2, -0.15) is 0 Å². The van der Waals surface area contributed by atoms with Gasteiger partial charge in [-0.25, -0.2) is 4.39 Å². The number of rotatable bonds is 2. The number of nitrogens with zero attached hydrogens (tertiary/aromatic N) is 2. The van der Waals surface area contributed by atoms with Gasteiger partial charge in [0.2, 0.25) is 0 Å². The van der Waals surface area contributed by atoms with Crippen LogP contribution in [-0.2, 0) is 0 Å². The SMILES string of the molecule is CN1C2CCC1C(/C=N/O)C(c1ccc(F)cc1)C2. The zero-order valence-corrected chi connectivity index (χ0v) is 11.0. The third-order valence-electron chi connectivity index (χ3n) is 4.87. The molecule has 4 unspecified atom stereocenters. The molecule has 2 bridgehead atoms. The minimum Gasteiger partial charge on any atom is -0.411 e. The molecule has 4 heteroatoms. The third kappa shape index (κ3) is 2.14. The van der Waals surface area contributed by atoms with Crippen molar-refractivity contribution in [2.45, 2.75) is 37.3 Å². The summed E-state index contributed by atoms with van der Waals surface area (Å²) in [7, 11) is 2.15. The summed E-state index contributed by atoms with van der Waals surface area (Å²) in [5.74, 6) is 0.330. The number of fused-ring (bicyclic) bond motifs is 2. The first-order valence-electron chi connectivity index (χ1n) is 6.85. The van der Waals surface area contributed by atoms with Crippen molar-refractivity contribution in [1.29, 1.82) is 0 Å². The van der Waals surface area contributed by atoms with E-state index >= 15 is 0 Å². The maximum Gasteiger partial charge on any atom is 0.123 e. The Balaban J connectivity index is 1.93. The van der Waals surface area contributed by atoms with Crippen molar-refractivity contribution < 1.29 is 9.60 Å². The highest BCUT2D eigenvalue weighted by Crippen LogP contribution is 2.45. The van der Waals surface area contributed by atoms with Gasteiger partial charge in [0.1, 0.15) is 5.82 Å². The minimum atomic E-state index is -0.202. The summed E-state index contributed by atoms with van der Waals surface area (Å²) in [6, 6.07) is 7.80. The number of oxime groups is 1. The molecule has 2 saturated heterocycles. The van der Waals surface area contributed by atoms with Gasteiger partial charge in [-0.3, -0.25) is 4.90 Å². The number of benzene rings is 1. The van der Waals surface area contributed by atoms with Crippen LogP contribution in [-0.4, -0.2) is 35.5 Å². The fourth-order valence-electron chi connectivity index (χ4n) is 3.86. The van der Waals surface area contributed by atoms with Crippen molar-refractivity contribution in [3.63, 3.8) is 0 Å². The summed E-state index contributed by atoms with van der Waals surface area (Å²) < 4.78 is 13.1. The number of hydrogen-bond acceptors (Lipinski definition) is 3. The van der Waals surface area contributed by atoms with Gasteiger partial charge in [-0.05, 0) is 49.9 Å². The van der Waals surface area contributed by atoms with Crippen molar-refractivity contribution in [3.05, 3.63) is 35.6 Å². The third-order valence-corrected chi connectivity index (χ3v) is 4.87. The van der Waals surface area contributed by atoms with E-state index in [4.69, 9.17) is 5.21 Å². The Morgan fingerprint density at radius 2 is 2.05 bits per heavy atom. The molecule has 2 aliphatic rings. The standard InChI is InChI=1S/C15H19FN2O/c1-18-12-6-7-15(18)14(9-17-19)13(8-12)10-2-4-11(16)5-3-10/h2-5,9,12-15,19H,6-8H2,1H3/b17-9+. The minimum absolute atomic E-state index is 0.202. The second kappa shape index (κ2) is 4.93. The molecule has 0 aromatic heterocycles. The summed E-state index contributed by atoms with van der Waals surface area (Å²) in [6.07, 6.45) is 5.07. The van der Waals surface area contributed by atoms with Crippen molar-refractivity contribution in [1.82, 2.24) is 4.90 Å². The molecule has 0 amide bonds. The molecule has 0 spiro atoms. The predicted octanol–water partition coefficient (Wildman–Crippen LogP) is 2.85. The fraction of sp³-hybridized carbons (Fsp3) is 0.533. The van der Waals surface area contributed by atoms with Gasteiger partial charge < -0.3 is 5.21 Å². The Morgan fingerprint density at radius 1 is 1.32 bits per heavy atom. The van der Waals surface area contributed by atoms with Crippen LogP contribution >= 0.6 is 0 Å². The Labute approximate surface area is 112 Å². The van der Waals surface area contributed by atoms with E-state index in [1.807, 2.05) is 12.1 Å². The Bertz CT molecular complexity index is 474. The summed E-state index contributed by atoms with van der Waals surface area (Å²) >= 11 is 0. The highest BCUT2D eigenvalue weighted by Gasteiger charge is 2.45. The fourth-order valence-corrected chi connectivity index (χ4v) is 3.86. The first kappa shape index (κ1) is 12.6. The quantitative estimate of drug-likeness (QED) is 0.505. The Kier molecular flexibility index (Phi) is 3.27. The summed E-state index contributed by atoms with van der Waals surface area (Å²) in [6.45, 7) is 0. The molecule has 102 valence electrons. The lowest BCUT2D eigenvalue weighted by Crippen LogP contribution is -2.46. The van der Waals surface area contributed by atoms with E-state index in [1.54, 1.807) is 6.21 Å². The first-order chi connectivity index (χ1) is 9.20. The van der Waals surface area contributed by atoms with Crippen LogP contribution in [0.25, 0.3) is 0 Å². The van der Waals surface area contributed by atoms with E-state index in [-0.39, 0.29) is 11.7 Å². The molecule has 0 radical (unpaired) electrons. The average Bonchev–Trinajstić information content (AvgIpc) is 2.65. The van der Waals surface area contributed by atoms with E-state index < -0.39 is 0 Å². The van der Waals surface area contributed by atoms with E-state index in [2.05, 4.69) is 17.1 Å². The maximum absolute atomic E-state index is 13.1. The average molecular weight is 262 g/mol. The van der Waals surface area contributed by atoms with E-state index in [0.717, 1.165) is 18.4 Å². The van der Waals surface area contributed by atoms with Crippen LogP contribution in [0, 0.1) is 11.7 Å². The molecule has 0 saturated carbocycles. The van der Waals surface area contributed by atoms with Crippen LogP contribution in [0.15, 0.2) is 29.4 Å². The lowest BCUT2D eigenvalue weighted by molar-refractivity contribution is 0.133. The molecule has 0 aliphatic carbocycles. The molecule has 3 nitrogen and oxygen atoms in total. The molecule has 2 aliphatic heterocycles. The summed E-state index contributed by atoms with van der Waals surface area (Å²) in [4.78, 5) is 2.41. The van der Waals surface area contributed by atoms with Gasteiger partial charge in [0.05, 0.1) is 0 Å². The smallest absolute Gasteiger partial charge is 0.123 e. The van der Waals surface area contributed by atoms with E-state index in [9.17, 15) is 4.39 Å². The molecule has 1 aromatic carbocycles. The largest absolute Gasteiger partial charge is 0.411 e. The maximum atomic E-state index is 13.1. The van der Waals surface area contributed by atoms with Crippen molar-refractivity contribution in [3.8, 4) is 0 Å². The van der Waals surface area contributed by atoms with Gasteiger partial charge in [0, 0.05) is 24.2 Å². The van der Waals surface area contributed by atoms with Gasteiger partial charge >= 0.3 is 0 Å². The number of hydrogen-bond donors (Lipinski definition) is 1. The molecular weight excluding hydrogens is 243 g/mol. The second-order valence-corrected chi connectivity index (χ2v) is 5.70. The van der Waals surface area contributed by atoms with Gasteiger partial charge in [0.15, 0.2) is 0 Å². The van der Waals surface area contributed by atoms with Crippen molar-refractivity contribution in [2.24, 2.45) is 11.1 Å². The van der Waals surface area contributed by atoms with E-state index in [0.29, 0.717) is 18.0 Å². The van der Waals surface area contributed by atoms with Crippen LogP contribution in [0.4, 0.5) is 4.39 Å². The molecule has 19 heavy (non-hydrogen) atoms. The Hall–Kier alpha value is -1.42. The molecule has 2 fully saturated rings. The molecule has 2 heterocycles. The topological polar surface area (TPSA) is 35.8 Å². The molecule has 1 N–H and O–H groups in total. The molecule has 3 rings (SSSR count). The van der Waals surface area contributed by atoms with E-state index in [1.165, 1.54) is 18.6 Å². The number of piperidine rings is 1. The molecule has 1 aromatic rings. The normalized spacial score (nSPS) is 35.1. The molecular formula is C15H19FN2O. The van der Waals surface area contributed by atoms with Crippen molar-refractivity contribution >= 4 is 6.21 Å². The zero-order chi connectivity index (χ0) is 13.4. The summed E-state index contributed by atoms with van der Waals surface area (Å²) in [5.41, 5.74) is 1.15. The summed E-state index contributed by atoms with van der Waals surface area (Å²) in [5, 5.41) is 12.2. The van der Waals surface area contributed by atoms with Gasteiger partial charge in [0.25, 0.3) is 0 Å². The molecule has 4 atom stereocenters.